The first-order chi connectivity index (χ1) is 22.4. The monoisotopic (exact) mass is 819 g/mol. The van der Waals surface area contributed by atoms with Crippen molar-refractivity contribution in [2.24, 2.45) is 0 Å². The van der Waals surface area contributed by atoms with Crippen molar-refractivity contribution >= 4 is 48.9 Å². The zero-order valence-electron chi connectivity index (χ0n) is 26.7. The van der Waals surface area contributed by atoms with Gasteiger partial charge in [-0.05, 0) is 94.4 Å². The second kappa shape index (κ2) is 13.7. The van der Waals surface area contributed by atoms with Crippen LogP contribution in [-0.4, -0.2) is 15.9 Å². The minimum absolute atomic E-state index is 0. The van der Waals surface area contributed by atoms with Crippen molar-refractivity contribution in [2.45, 2.75) is 33.9 Å². The molecular formula is C41H31F3IrNO2-. The van der Waals surface area contributed by atoms with E-state index in [1.807, 2.05) is 18.2 Å². The van der Waals surface area contributed by atoms with E-state index in [1.165, 1.54) is 54.3 Å². The summed E-state index contributed by atoms with van der Waals surface area (Å²) in [6.07, 6.45) is -1.66. The van der Waals surface area contributed by atoms with Gasteiger partial charge in [0.05, 0.1) is 5.76 Å². The van der Waals surface area contributed by atoms with Crippen LogP contribution in [0.5, 0.6) is 0 Å². The Labute approximate surface area is 290 Å². The summed E-state index contributed by atoms with van der Waals surface area (Å²) in [7, 11) is 0. The van der Waals surface area contributed by atoms with Crippen molar-refractivity contribution in [3.05, 3.63) is 138 Å². The number of halogens is 3. The van der Waals surface area contributed by atoms with Gasteiger partial charge in [-0.15, -0.1) is 23.6 Å². The summed E-state index contributed by atoms with van der Waals surface area (Å²) in [4.78, 5) is 14.6. The van der Waals surface area contributed by atoms with Gasteiger partial charge < -0.3 is 5.11 Å². The van der Waals surface area contributed by atoms with Crippen LogP contribution in [0.2, 0.25) is 0 Å². The quantitative estimate of drug-likeness (QED) is 0.0836. The van der Waals surface area contributed by atoms with E-state index in [-0.39, 0.29) is 37.0 Å². The van der Waals surface area contributed by atoms with Gasteiger partial charge in [-0.25, -0.2) is 0 Å². The average Bonchev–Trinajstić information content (AvgIpc) is 3.02. The largest absolute Gasteiger partial charge is 0.512 e. The number of rotatable bonds is 3. The molecule has 0 aliphatic carbocycles. The first-order valence-corrected chi connectivity index (χ1v) is 15.1. The van der Waals surface area contributed by atoms with E-state index < -0.39 is 11.7 Å². The van der Waals surface area contributed by atoms with Gasteiger partial charge in [0.1, 0.15) is 0 Å². The maximum atomic E-state index is 14.0. The predicted molar refractivity (Wildman–Crippen MR) is 186 cm³/mol. The van der Waals surface area contributed by atoms with Gasteiger partial charge >= 0.3 is 6.18 Å². The molecule has 48 heavy (non-hydrogen) atoms. The molecule has 0 atom stereocenters. The molecule has 7 heteroatoms. The smallest absolute Gasteiger partial charge is 0.403 e. The van der Waals surface area contributed by atoms with Crippen molar-refractivity contribution < 1.29 is 43.2 Å². The molecule has 6 aromatic carbocycles. The van der Waals surface area contributed by atoms with Crippen LogP contribution in [0, 0.1) is 19.9 Å². The third kappa shape index (κ3) is 6.89. The topological polar surface area (TPSA) is 50.2 Å². The summed E-state index contributed by atoms with van der Waals surface area (Å²) in [5.74, 6) is -0.0625. The van der Waals surface area contributed by atoms with E-state index in [0.717, 1.165) is 32.3 Å². The zero-order valence-corrected chi connectivity index (χ0v) is 29.1. The second-order valence-electron chi connectivity index (χ2n) is 11.8. The fourth-order valence-corrected chi connectivity index (χ4v) is 6.22. The van der Waals surface area contributed by atoms with Gasteiger partial charge in [-0.3, -0.25) is 9.78 Å². The van der Waals surface area contributed by atoms with Gasteiger partial charge in [0.2, 0.25) is 0 Å². The van der Waals surface area contributed by atoms with Crippen molar-refractivity contribution in [2.75, 3.05) is 0 Å². The number of ketones is 1. The molecule has 1 aromatic heterocycles. The molecule has 1 heterocycles. The number of carbonyl (C=O) groups is 1. The number of hydrogen-bond donors (Lipinski definition) is 1. The van der Waals surface area contributed by atoms with Crippen LogP contribution < -0.4 is 0 Å². The molecule has 1 N–H and O–H groups in total. The molecule has 7 rings (SSSR count). The standard InChI is InChI=1S/C36H23F3N.C5H8O2.Ir/c1-21-7-10-27(22(2)17-21)24-8-11-28-25(18-24)9-12-31-30(28)13-14-33-32(31)15-16-40-35(33)26-19-23-5-3-4-6-29(23)34(20-26)36(37,38)39;1-4(6)3-5(2)7;/h3-18,20H,1-2H3;3,6H,1-2H3;/q-1;;/b;4-3-;. The Morgan fingerprint density at radius 3 is 2.12 bits per heavy atom. The summed E-state index contributed by atoms with van der Waals surface area (Å²) in [6, 6.07) is 34.0. The Kier molecular flexibility index (Phi) is 9.86. The Balaban J connectivity index is 0.000000511. The van der Waals surface area contributed by atoms with Crippen molar-refractivity contribution in [3.63, 3.8) is 0 Å². The molecule has 0 amide bonds. The Bertz CT molecular complexity index is 2370. The van der Waals surface area contributed by atoms with Gasteiger partial charge in [0.25, 0.3) is 0 Å². The third-order valence-electron chi connectivity index (χ3n) is 8.20. The van der Waals surface area contributed by atoms with E-state index >= 15 is 0 Å². The molecule has 0 aliphatic rings. The van der Waals surface area contributed by atoms with Gasteiger partial charge in [-0.1, -0.05) is 89.3 Å². The van der Waals surface area contributed by atoms with Crippen LogP contribution >= 0.6 is 0 Å². The van der Waals surface area contributed by atoms with Crippen LogP contribution in [0.25, 0.3) is 65.5 Å². The molecule has 0 saturated heterocycles. The molecule has 0 saturated carbocycles. The zero-order chi connectivity index (χ0) is 33.5. The maximum absolute atomic E-state index is 14.0. The normalized spacial score (nSPS) is 11.8. The summed E-state index contributed by atoms with van der Waals surface area (Å²) in [5.41, 5.74) is 5.00. The number of carbonyl (C=O) groups excluding carboxylic acids is 1. The van der Waals surface area contributed by atoms with E-state index in [4.69, 9.17) is 5.11 Å². The Morgan fingerprint density at radius 2 is 1.44 bits per heavy atom. The van der Waals surface area contributed by atoms with Crippen molar-refractivity contribution in [1.29, 1.82) is 0 Å². The van der Waals surface area contributed by atoms with Crippen LogP contribution in [-0.2, 0) is 31.1 Å². The van der Waals surface area contributed by atoms with E-state index in [0.29, 0.717) is 16.6 Å². The van der Waals surface area contributed by atoms with Crippen LogP contribution in [0.1, 0.15) is 30.5 Å². The van der Waals surface area contributed by atoms with Crippen molar-refractivity contribution in [1.82, 2.24) is 4.98 Å². The van der Waals surface area contributed by atoms with Gasteiger partial charge in [0, 0.05) is 38.1 Å². The van der Waals surface area contributed by atoms with Crippen LogP contribution in [0.3, 0.4) is 0 Å². The number of pyridine rings is 1. The molecule has 0 unspecified atom stereocenters. The molecule has 243 valence electrons. The van der Waals surface area contributed by atoms with Crippen LogP contribution in [0.4, 0.5) is 13.2 Å². The number of fused-ring (bicyclic) bond motifs is 6. The summed E-state index contributed by atoms with van der Waals surface area (Å²) < 4.78 is 42.1. The van der Waals surface area contributed by atoms with Crippen molar-refractivity contribution in [3.8, 4) is 22.4 Å². The fourth-order valence-electron chi connectivity index (χ4n) is 6.22. The SMILES string of the molecule is CC(=O)/C=C(/C)O.Cc1ccc(-c2ccc3c(ccc4c5ccnc(-c6[c-]c7ccccc7c(C(F)(F)F)c6)c5ccc34)c2)c(C)c1.[Ir]. The minimum atomic E-state index is -4.49. The first-order valence-electron chi connectivity index (χ1n) is 15.1. The number of aliphatic hydroxyl groups excluding tert-OH is 1. The molecule has 3 nitrogen and oxygen atoms in total. The number of alkyl halides is 3. The molecule has 1 radical (unpaired) electrons. The molecule has 0 spiro atoms. The number of aromatic nitrogens is 1. The number of aryl methyl sites for hydroxylation is 2. The van der Waals surface area contributed by atoms with E-state index in [9.17, 15) is 18.0 Å². The number of aliphatic hydroxyl groups is 1. The maximum Gasteiger partial charge on any atom is 0.403 e. The third-order valence-corrected chi connectivity index (χ3v) is 8.20. The predicted octanol–water partition coefficient (Wildman–Crippen LogP) is 11.5. The van der Waals surface area contributed by atoms with Crippen LogP contribution in [0.15, 0.2) is 115 Å². The van der Waals surface area contributed by atoms with E-state index in [2.05, 4.69) is 73.4 Å². The van der Waals surface area contributed by atoms with Gasteiger partial charge in [-0.2, -0.15) is 13.2 Å². The number of hydrogen-bond acceptors (Lipinski definition) is 3. The van der Waals surface area contributed by atoms with E-state index in [1.54, 1.807) is 24.4 Å². The van der Waals surface area contributed by atoms with Gasteiger partial charge in [0.15, 0.2) is 5.78 Å². The summed E-state index contributed by atoms with van der Waals surface area (Å²) in [6.45, 7) is 7.08. The molecule has 0 fully saturated rings. The number of benzene rings is 6. The minimum Gasteiger partial charge on any atom is -0.512 e. The average molecular weight is 819 g/mol. The summed E-state index contributed by atoms with van der Waals surface area (Å²) in [5, 5.41) is 15.0. The molecule has 0 bridgehead atoms. The molecular weight excluding hydrogens is 788 g/mol. The fraction of sp³-hybridized carbons (Fsp3) is 0.122. The number of allylic oxidation sites excluding steroid dienone is 2. The number of nitrogens with zero attached hydrogens (tertiary/aromatic N) is 1. The Hall–Kier alpha value is -4.84. The second-order valence-corrected chi connectivity index (χ2v) is 11.8. The molecule has 0 aliphatic heterocycles. The Morgan fingerprint density at radius 1 is 0.771 bits per heavy atom. The molecule has 7 aromatic rings. The summed E-state index contributed by atoms with van der Waals surface area (Å²) >= 11 is 0. The first kappa shape index (κ1) is 34.5.